The third kappa shape index (κ3) is 2.85. The van der Waals surface area contributed by atoms with E-state index < -0.39 is 0 Å². The van der Waals surface area contributed by atoms with Gasteiger partial charge in [0.1, 0.15) is 4.83 Å². The minimum absolute atomic E-state index is 0.0808. The predicted octanol–water partition coefficient (Wildman–Crippen LogP) is 5.13. The summed E-state index contributed by atoms with van der Waals surface area (Å²) in [4.78, 5) is 25.1. The van der Waals surface area contributed by atoms with Crippen LogP contribution in [0.1, 0.15) is 16.6 Å². The molecule has 0 aliphatic carbocycles. The molecule has 4 rings (SSSR count). The summed E-state index contributed by atoms with van der Waals surface area (Å²) in [6.07, 6.45) is 5.39. The first-order chi connectivity index (χ1) is 12.7. The van der Waals surface area contributed by atoms with E-state index >= 15 is 0 Å². The average Bonchev–Trinajstić information content (AvgIpc) is 3.31. The van der Waals surface area contributed by atoms with Crippen LogP contribution in [0.4, 0.5) is 11.4 Å². The topological polar surface area (TPSA) is 58.1 Å². The number of thiazole rings is 1. The molecule has 4 aromatic rings. The van der Waals surface area contributed by atoms with Crippen LogP contribution in [0.3, 0.4) is 0 Å². The molecular weight excluding hydrogens is 364 g/mol. The molecule has 0 aliphatic heterocycles. The fourth-order valence-electron chi connectivity index (χ4n) is 2.80. The Labute approximate surface area is 158 Å². The molecule has 130 valence electrons. The summed E-state index contributed by atoms with van der Waals surface area (Å²) in [5.41, 5.74) is 4.47. The summed E-state index contributed by atoms with van der Waals surface area (Å²) in [5, 5.41) is 4.10. The van der Waals surface area contributed by atoms with Gasteiger partial charge < -0.3 is 5.32 Å². The molecule has 26 heavy (non-hydrogen) atoms. The zero-order valence-corrected chi connectivity index (χ0v) is 15.9. The average molecular weight is 380 g/mol. The van der Waals surface area contributed by atoms with Gasteiger partial charge in [0.15, 0.2) is 0 Å². The number of allylic oxidation sites excluding steroid dienone is 1. The van der Waals surface area contributed by atoms with E-state index in [9.17, 15) is 4.79 Å². The summed E-state index contributed by atoms with van der Waals surface area (Å²) in [6, 6.07) is 9.69. The number of thiophene rings is 1. The van der Waals surface area contributed by atoms with Crippen LogP contribution in [0.2, 0.25) is 0 Å². The van der Waals surface area contributed by atoms with Crippen LogP contribution in [0.25, 0.3) is 20.4 Å². The van der Waals surface area contributed by atoms with E-state index in [1.165, 1.54) is 11.3 Å². The van der Waals surface area contributed by atoms with Gasteiger partial charge in [0.05, 0.1) is 26.3 Å². The Balaban J connectivity index is 1.78. The van der Waals surface area contributed by atoms with Gasteiger partial charge in [0.2, 0.25) is 0 Å². The van der Waals surface area contributed by atoms with Crippen LogP contribution in [0.5, 0.6) is 0 Å². The van der Waals surface area contributed by atoms with Gasteiger partial charge in [0.25, 0.3) is 5.91 Å². The summed E-state index contributed by atoms with van der Waals surface area (Å²) in [6.45, 7) is 1.90. The van der Waals surface area contributed by atoms with E-state index in [0.29, 0.717) is 4.88 Å². The van der Waals surface area contributed by atoms with Crippen molar-refractivity contribution in [3.05, 3.63) is 59.2 Å². The lowest BCUT2D eigenvalue weighted by molar-refractivity contribution is 0.100. The van der Waals surface area contributed by atoms with E-state index in [0.717, 1.165) is 31.8 Å². The highest BCUT2D eigenvalue weighted by atomic mass is 32.1. The van der Waals surface area contributed by atoms with Gasteiger partial charge in [-0.15, -0.1) is 22.7 Å². The molecule has 1 amide bonds. The highest BCUT2D eigenvalue weighted by Crippen LogP contribution is 2.32. The molecule has 3 heterocycles. The van der Waals surface area contributed by atoms with Crippen molar-refractivity contribution in [3.63, 3.8) is 0 Å². The first-order valence-electron chi connectivity index (χ1n) is 8.07. The highest BCUT2D eigenvalue weighted by molar-refractivity contribution is 7.20. The number of carbonyl (C=O) groups is 1. The predicted molar refractivity (Wildman–Crippen MR) is 110 cm³/mol. The molecule has 0 fully saturated rings. The normalized spacial score (nSPS) is 11.5. The van der Waals surface area contributed by atoms with Crippen molar-refractivity contribution in [1.82, 2.24) is 9.97 Å². The first kappa shape index (κ1) is 16.7. The van der Waals surface area contributed by atoms with Crippen LogP contribution >= 0.6 is 22.7 Å². The van der Waals surface area contributed by atoms with Crippen molar-refractivity contribution in [2.75, 3.05) is 17.3 Å². The lowest BCUT2D eigenvalue weighted by atomic mass is 10.2. The Morgan fingerprint density at radius 1 is 1.23 bits per heavy atom. The van der Waals surface area contributed by atoms with Crippen molar-refractivity contribution in [3.8, 4) is 0 Å². The zero-order chi connectivity index (χ0) is 18.1. The summed E-state index contributed by atoms with van der Waals surface area (Å²) >= 11 is 2.99. The molecule has 0 bridgehead atoms. The van der Waals surface area contributed by atoms with Crippen LogP contribution in [-0.2, 0) is 0 Å². The fraction of sp³-hybridized carbons (Fsp3) is 0.105. The van der Waals surface area contributed by atoms with Crippen molar-refractivity contribution in [2.24, 2.45) is 0 Å². The first-order valence-corrected chi connectivity index (χ1v) is 9.77. The quantitative estimate of drug-likeness (QED) is 0.533. The van der Waals surface area contributed by atoms with Crippen molar-refractivity contribution in [2.45, 2.75) is 6.92 Å². The number of hydrogen-bond donors (Lipinski definition) is 1. The highest BCUT2D eigenvalue weighted by Gasteiger charge is 2.20. The second kappa shape index (κ2) is 6.86. The van der Waals surface area contributed by atoms with Gasteiger partial charge in [-0.1, -0.05) is 6.08 Å². The molecule has 0 aliphatic rings. The monoisotopic (exact) mass is 380 g/mol. The van der Waals surface area contributed by atoms with Crippen molar-refractivity contribution >= 4 is 60.4 Å². The Morgan fingerprint density at radius 3 is 2.92 bits per heavy atom. The van der Waals surface area contributed by atoms with E-state index in [-0.39, 0.29) is 5.91 Å². The van der Waals surface area contributed by atoms with Crippen LogP contribution in [0, 0.1) is 0 Å². The number of nitrogens with zero attached hydrogens (tertiary/aromatic N) is 3. The summed E-state index contributed by atoms with van der Waals surface area (Å²) in [5.74, 6) is -0.0808. The number of rotatable bonds is 4. The maximum absolute atomic E-state index is 13.2. The SMILES string of the molecule is C/C=C\N(C(=O)c1cc2c(NC)ccnc2s1)c1ccc2scnc2c1. The number of carbonyl (C=O) groups excluding carboxylic acids is 1. The maximum atomic E-state index is 13.2. The summed E-state index contributed by atoms with van der Waals surface area (Å²) in [7, 11) is 1.86. The molecule has 3 aromatic heterocycles. The molecule has 5 nitrogen and oxygen atoms in total. The van der Waals surface area contributed by atoms with Crippen LogP contribution in [-0.4, -0.2) is 22.9 Å². The Bertz CT molecular complexity index is 1130. The third-order valence-electron chi connectivity index (χ3n) is 4.02. The zero-order valence-electron chi connectivity index (χ0n) is 14.3. The maximum Gasteiger partial charge on any atom is 0.272 e. The standard InChI is InChI=1S/C19H16N4OS2/c1-3-8-23(12-4-5-16-15(9-12)22-11-25-16)19(24)17-10-13-14(20-2)6-7-21-18(13)26-17/h3-11H,1-2H3,(H,20,21)/b8-3-. The van der Waals surface area contributed by atoms with Gasteiger partial charge >= 0.3 is 0 Å². The Hall–Kier alpha value is -2.77. The number of pyridine rings is 1. The van der Waals surface area contributed by atoms with E-state index in [4.69, 9.17) is 0 Å². The third-order valence-corrected chi connectivity index (χ3v) is 5.87. The molecule has 0 radical (unpaired) electrons. The number of hydrogen-bond acceptors (Lipinski definition) is 6. The second-order valence-corrected chi connectivity index (χ2v) is 7.52. The number of benzene rings is 1. The summed E-state index contributed by atoms with van der Waals surface area (Å²) < 4.78 is 1.10. The second-order valence-electron chi connectivity index (χ2n) is 5.60. The molecule has 0 spiro atoms. The van der Waals surface area contributed by atoms with Gasteiger partial charge in [-0.3, -0.25) is 9.69 Å². The lowest BCUT2D eigenvalue weighted by Crippen LogP contribution is -2.24. The number of nitrogens with one attached hydrogen (secondary N) is 1. The largest absolute Gasteiger partial charge is 0.388 e. The van der Waals surface area contributed by atoms with Crippen molar-refractivity contribution in [1.29, 1.82) is 0 Å². The smallest absolute Gasteiger partial charge is 0.272 e. The Kier molecular flexibility index (Phi) is 4.40. The number of anilines is 2. The van der Waals surface area contributed by atoms with Gasteiger partial charge in [0, 0.05) is 30.5 Å². The molecule has 0 unspecified atom stereocenters. The molecule has 7 heteroatoms. The Morgan fingerprint density at radius 2 is 2.12 bits per heavy atom. The van der Waals surface area contributed by atoms with E-state index in [1.807, 2.05) is 55.9 Å². The van der Waals surface area contributed by atoms with E-state index in [1.54, 1.807) is 28.6 Å². The molecule has 0 saturated carbocycles. The van der Waals surface area contributed by atoms with Crippen LogP contribution < -0.4 is 10.2 Å². The molecule has 1 aromatic carbocycles. The molecule has 1 N–H and O–H groups in total. The molecule has 0 atom stereocenters. The fourth-order valence-corrected chi connectivity index (χ4v) is 4.42. The van der Waals surface area contributed by atoms with Gasteiger partial charge in [-0.25, -0.2) is 9.97 Å². The van der Waals surface area contributed by atoms with Gasteiger partial charge in [-0.05, 0) is 37.3 Å². The number of amides is 1. The number of aromatic nitrogens is 2. The van der Waals surface area contributed by atoms with Crippen molar-refractivity contribution < 1.29 is 4.79 Å². The minimum Gasteiger partial charge on any atom is -0.388 e. The van der Waals surface area contributed by atoms with E-state index in [2.05, 4.69) is 15.3 Å². The van der Waals surface area contributed by atoms with Gasteiger partial charge in [-0.2, -0.15) is 0 Å². The minimum atomic E-state index is -0.0808. The lowest BCUT2D eigenvalue weighted by Gasteiger charge is -2.17. The van der Waals surface area contributed by atoms with Crippen LogP contribution in [0.15, 0.2) is 54.3 Å². The number of fused-ring (bicyclic) bond motifs is 2. The molecule has 0 saturated heterocycles. The molecular formula is C19H16N4OS2.